The topological polar surface area (TPSA) is 3.01 Å². The van der Waals surface area contributed by atoms with Crippen molar-refractivity contribution in [2.24, 2.45) is 23.2 Å². The minimum atomic E-state index is 0.601. The summed E-state index contributed by atoms with van der Waals surface area (Å²) in [7, 11) is 0. The second-order valence-corrected chi connectivity index (χ2v) is 7.84. The molecule has 4 atom stereocenters. The zero-order valence-electron chi connectivity index (χ0n) is 13.0. The molecule has 4 unspecified atom stereocenters. The SMILES string of the molecule is CC1C([N+]2=Cc3ccccc3CC2)CC2CC1C2(C)C. The Balaban J connectivity index is 1.63. The molecular weight excluding hydrogens is 242 g/mol. The van der Waals surface area contributed by atoms with Crippen molar-refractivity contribution in [1.29, 1.82) is 0 Å². The molecule has 0 radical (unpaired) electrons. The Morgan fingerprint density at radius 3 is 2.70 bits per heavy atom. The summed E-state index contributed by atoms with van der Waals surface area (Å²) >= 11 is 0. The van der Waals surface area contributed by atoms with Gasteiger partial charge in [-0.15, -0.1) is 0 Å². The maximum atomic E-state index is 2.67. The minimum absolute atomic E-state index is 0.601. The van der Waals surface area contributed by atoms with E-state index in [1.54, 1.807) is 0 Å². The molecule has 1 aliphatic heterocycles. The number of hydrogen-bond donors (Lipinski definition) is 0. The monoisotopic (exact) mass is 268 g/mol. The van der Waals surface area contributed by atoms with Gasteiger partial charge >= 0.3 is 0 Å². The molecule has 106 valence electrons. The van der Waals surface area contributed by atoms with E-state index in [2.05, 4.69) is 55.8 Å². The molecule has 5 rings (SSSR count). The van der Waals surface area contributed by atoms with Crippen molar-refractivity contribution in [3.63, 3.8) is 0 Å². The predicted octanol–water partition coefficient (Wildman–Crippen LogP) is 3.74. The maximum absolute atomic E-state index is 2.67. The molecule has 0 saturated heterocycles. The fraction of sp³-hybridized carbons (Fsp3) is 0.632. The van der Waals surface area contributed by atoms with Crippen LogP contribution in [0.5, 0.6) is 0 Å². The molecule has 0 N–H and O–H groups in total. The Labute approximate surface area is 122 Å². The highest BCUT2D eigenvalue weighted by molar-refractivity contribution is 5.78. The molecular formula is C19H26N+. The number of benzene rings is 1. The average molecular weight is 268 g/mol. The number of fused-ring (bicyclic) bond motifs is 3. The first-order valence-electron chi connectivity index (χ1n) is 8.26. The molecule has 0 aromatic heterocycles. The molecule has 4 aliphatic rings. The highest BCUT2D eigenvalue weighted by Crippen LogP contribution is 2.61. The second-order valence-electron chi connectivity index (χ2n) is 7.84. The summed E-state index contributed by atoms with van der Waals surface area (Å²) in [6, 6.07) is 9.68. The first-order valence-corrected chi connectivity index (χ1v) is 8.26. The van der Waals surface area contributed by atoms with Crippen LogP contribution >= 0.6 is 0 Å². The predicted molar refractivity (Wildman–Crippen MR) is 83.4 cm³/mol. The van der Waals surface area contributed by atoms with Crippen molar-refractivity contribution in [3.8, 4) is 0 Å². The molecule has 3 saturated carbocycles. The molecule has 1 heterocycles. The lowest BCUT2D eigenvalue weighted by atomic mass is 9.44. The molecule has 1 aromatic carbocycles. The molecule has 1 heteroatoms. The van der Waals surface area contributed by atoms with Crippen LogP contribution in [0.1, 0.15) is 44.7 Å². The summed E-state index contributed by atoms with van der Waals surface area (Å²) in [6.45, 7) is 8.70. The highest BCUT2D eigenvalue weighted by atomic mass is 15.1. The summed E-state index contributed by atoms with van der Waals surface area (Å²) in [4.78, 5) is 0. The number of hydrogen-bond acceptors (Lipinski definition) is 0. The van der Waals surface area contributed by atoms with Crippen LogP contribution in [0.2, 0.25) is 0 Å². The minimum Gasteiger partial charge on any atom is -0.232 e. The average Bonchev–Trinajstić information content (AvgIpc) is 2.46. The van der Waals surface area contributed by atoms with Crippen molar-refractivity contribution in [3.05, 3.63) is 35.4 Å². The van der Waals surface area contributed by atoms with Crippen LogP contribution in [0.25, 0.3) is 0 Å². The van der Waals surface area contributed by atoms with E-state index in [9.17, 15) is 0 Å². The van der Waals surface area contributed by atoms with E-state index in [1.807, 2.05) is 0 Å². The third-order valence-electron chi connectivity index (χ3n) is 6.74. The summed E-state index contributed by atoms with van der Waals surface area (Å²) in [6.07, 6.45) is 6.55. The van der Waals surface area contributed by atoms with E-state index in [0.29, 0.717) is 5.41 Å². The fourth-order valence-corrected chi connectivity index (χ4v) is 5.20. The van der Waals surface area contributed by atoms with Gasteiger partial charge in [0.25, 0.3) is 0 Å². The van der Waals surface area contributed by atoms with Crippen molar-refractivity contribution in [2.45, 2.75) is 46.1 Å². The maximum Gasteiger partial charge on any atom is 0.171 e. The van der Waals surface area contributed by atoms with E-state index >= 15 is 0 Å². The molecule has 20 heavy (non-hydrogen) atoms. The van der Waals surface area contributed by atoms with Gasteiger partial charge in [0.2, 0.25) is 0 Å². The van der Waals surface area contributed by atoms with Gasteiger partial charge < -0.3 is 0 Å². The van der Waals surface area contributed by atoms with Gasteiger partial charge in [-0.1, -0.05) is 39.0 Å². The number of rotatable bonds is 1. The Bertz CT molecular complexity index is 569. The lowest BCUT2D eigenvalue weighted by Crippen LogP contribution is -2.59. The van der Waals surface area contributed by atoms with E-state index in [4.69, 9.17) is 0 Å². The van der Waals surface area contributed by atoms with Gasteiger partial charge in [-0.2, -0.15) is 0 Å². The van der Waals surface area contributed by atoms with Crippen LogP contribution in [-0.4, -0.2) is 23.4 Å². The molecule has 2 bridgehead atoms. The van der Waals surface area contributed by atoms with Gasteiger partial charge in [-0.3, -0.25) is 0 Å². The van der Waals surface area contributed by atoms with Crippen LogP contribution < -0.4 is 0 Å². The zero-order valence-corrected chi connectivity index (χ0v) is 13.0. The quantitative estimate of drug-likeness (QED) is 0.683. The molecule has 0 spiro atoms. The van der Waals surface area contributed by atoms with Gasteiger partial charge in [0, 0.05) is 24.3 Å². The molecule has 3 aliphatic carbocycles. The summed E-state index contributed by atoms with van der Waals surface area (Å²) in [5, 5.41) is 0. The van der Waals surface area contributed by atoms with Crippen LogP contribution in [-0.2, 0) is 6.42 Å². The Morgan fingerprint density at radius 1 is 1.15 bits per heavy atom. The molecule has 1 nitrogen and oxygen atoms in total. The molecule has 0 amide bonds. The van der Waals surface area contributed by atoms with E-state index in [-0.39, 0.29) is 0 Å². The summed E-state index contributed by atoms with van der Waals surface area (Å²) < 4.78 is 2.67. The number of nitrogens with zero attached hydrogens (tertiary/aromatic N) is 1. The van der Waals surface area contributed by atoms with E-state index < -0.39 is 0 Å². The molecule has 3 fully saturated rings. The first-order chi connectivity index (χ1) is 9.57. The summed E-state index contributed by atoms with van der Waals surface area (Å²) in [5.41, 5.74) is 3.58. The van der Waals surface area contributed by atoms with Crippen LogP contribution in [0, 0.1) is 23.2 Å². The van der Waals surface area contributed by atoms with Crippen molar-refractivity contribution >= 4 is 6.21 Å². The second kappa shape index (κ2) is 4.19. The highest BCUT2D eigenvalue weighted by Gasteiger charge is 2.59. The van der Waals surface area contributed by atoms with Gasteiger partial charge in [-0.05, 0) is 35.3 Å². The third kappa shape index (κ3) is 1.65. The molecule has 1 aromatic rings. The van der Waals surface area contributed by atoms with Crippen LogP contribution in [0.3, 0.4) is 0 Å². The fourth-order valence-electron chi connectivity index (χ4n) is 5.20. The van der Waals surface area contributed by atoms with Crippen molar-refractivity contribution in [1.82, 2.24) is 0 Å². The van der Waals surface area contributed by atoms with Gasteiger partial charge in [-0.25, -0.2) is 4.58 Å². The first kappa shape index (κ1) is 12.6. The lowest BCUT2D eigenvalue weighted by molar-refractivity contribution is -0.584. The Hall–Kier alpha value is -1.11. The third-order valence-corrected chi connectivity index (χ3v) is 6.74. The zero-order chi connectivity index (χ0) is 13.9. The Kier molecular flexibility index (Phi) is 2.64. The van der Waals surface area contributed by atoms with Gasteiger partial charge in [0.1, 0.15) is 6.54 Å². The van der Waals surface area contributed by atoms with Crippen LogP contribution in [0.15, 0.2) is 24.3 Å². The normalized spacial score (nSPS) is 37.6. The van der Waals surface area contributed by atoms with Crippen molar-refractivity contribution < 1.29 is 4.58 Å². The summed E-state index contributed by atoms with van der Waals surface area (Å²) in [5.74, 6) is 2.74. The van der Waals surface area contributed by atoms with Crippen LogP contribution in [0.4, 0.5) is 0 Å². The van der Waals surface area contributed by atoms with Gasteiger partial charge in [0.15, 0.2) is 12.3 Å². The van der Waals surface area contributed by atoms with Gasteiger partial charge in [0.05, 0.1) is 0 Å². The Morgan fingerprint density at radius 2 is 1.95 bits per heavy atom. The standard InChI is InChI=1S/C19H26N/c1-13-17-10-16(19(17,2)3)11-18(13)20-9-8-14-6-4-5-7-15(14)12-20/h4-7,12-13,16-18H,8-11H2,1-3H3/q+1. The largest absolute Gasteiger partial charge is 0.232 e. The smallest absolute Gasteiger partial charge is 0.171 e. The van der Waals surface area contributed by atoms with E-state index in [0.717, 1.165) is 23.8 Å². The lowest BCUT2D eigenvalue weighted by Gasteiger charge is -2.60. The van der Waals surface area contributed by atoms with Crippen molar-refractivity contribution in [2.75, 3.05) is 6.54 Å². The van der Waals surface area contributed by atoms with E-state index in [1.165, 1.54) is 36.9 Å².